The number of aromatic nitrogens is 1. The van der Waals surface area contributed by atoms with Crippen molar-refractivity contribution < 1.29 is 9.63 Å². The molecule has 0 spiro atoms. The number of nitrogens with zero attached hydrogens (tertiary/aromatic N) is 4. The van der Waals surface area contributed by atoms with Gasteiger partial charge in [-0.2, -0.15) is 15.3 Å². The van der Waals surface area contributed by atoms with Crippen molar-refractivity contribution in [2.45, 2.75) is 6.92 Å². The number of benzene rings is 2. The summed E-state index contributed by atoms with van der Waals surface area (Å²) in [6.07, 6.45) is 3.16. The number of rotatable bonds is 5. The van der Waals surface area contributed by atoms with Crippen LogP contribution in [-0.2, 0) is 0 Å². The minimum Gasteiger partial charge on any atom is -0.416 e. The van der Waals surface area contributed by atoms with E-state index in [1.54, 1.807) is 28.0 Å². The minimum atomic E-state index is -0.219. The summed E-state index contributed by atoms with van der Waals surface area (Å²) < 4.78 is 1.54. The van der Waals surface area contributed by atoms with Crippen molar-refractivity contribution in [2.75, 3.05) is 21.2 Å². The summed E-state index contributed by atoms with van der Waals surface area (Å²) in [4.78, 5) is 20.6. The molecule has 144 valence electrons. The zero-order valence-electron chi connectivity index (χ0n) is 16.7. The quantitative estimate of drug-likeness (QED) is 0.495. The van der Waals surface area contributed by atoms with Crippen molar-refractivity contribution in [3.8, 4) is 23.4 Å². The van der Waals surface area contributed by atoms with Crippen LogP contribution in [0, 0.1) is 29.6 Å². The van der Waals surface area contributed by atoms with E-state index >= 15 is 0 Å². The molecule has 0 saturated heterocycles. The number of hydrogen-bond acceptors (Lipinski definition) is 5. The van der Waals surface area contributed by atoms with E-state index in [4.69, 9.17) is 4.84 Å². The zero-order valence-corrected chi connectivity index (χ0v) is 16.7. The van der Waals surface area contributed by atoms with Crippen molar-refractivity contribution in [3.05, 3.63) is 70.9 Å². The largest absolute Gasteiger partial charge is 0.416 e. The fourth-order valence-electron chi connectivity index (χ4n) is 3.20. The van der Waals surface area contributed by atoms with Crippen LogP contribution in [0.15, 0.2) is 48.7 Å². The third-order valence-electron chi connectivity index (χ3n) is 4.58. The molecule has 0 saturated carbocycles. The lowest BCUT2D eigenvalue weighted by Crippen LogP contribution is -2.09. The van der Waals surface area contributed by atoms with Crippen LogP contribution in [0.3, 0.4) is 0 Å². The average Bonchev–Trinajstić information content (AvgIpc) is 3.04. The van der Waals surface area contributed by atoms with Gasteiger partial charge in [-0.25, -0.2) is 0 Å². The van der Waals surface area contributed by atoms with Crippen molar-refractivity contribution >= 4 is 16.7 Å². The first-order valence-electron chi connectivity index (χ1n) is 8.94. The predicted octanol–water partition coefficient (Wildman–Crippen LogP) is 3.68. The second-order valence-electron chi connectivity index (χ2n) is 6.85. The van der Waals surface area contributed by atoms with Gasteiger partial charge in [0.1, 0.15) is 19.2 Å². The molecule has 2 aromatic carbocycles. The first-order chi connectivity index (χ1) is 13.9. The highest BCUT2D eigenvalue weighted by Crippen LogP contribution is 2.35. The summed E-state index contributed by atoms with van der Waals surface area (Å²) in [7, 11) is 5.16. The van der Waals surface area contributed by atoms with Gasteiger partial charge >= 0.3 is 0 Å². The summed E-state index contributed by atoms with van der Waals surface area (Å²) in [5.74, 6) is -0.219. The topological polar surface area (TPSA) is 82.0 Å². The highest BCUT2D eigenvalue weighted by atomic mass is 16.6. The molecule has 0 amide bonds. The van der Waals surface area contributed by atoms with Crippen LogP contribution in [0.5, 0.6) is 0 Å². The van der Waals surface area contributed by atoms with E-state index in [0.717, 1.165) is 11.1 Å². The number of carbonyl (C=O) groups excluding carboxylic acids is 1. The van der Waals surface area contributed by atoms with Crippen LogP contribution in [0.1, 0.15) is 27.0 Å². The van der Waals surface area contributed by atoms with Gasteiger partial charge in [0.15, 0.2) is 5.78 Å². The molecular weight excluding hydrogens is 364 g/mol. The monoisotopic (exact) mass is 384 g/mol. The van der Waals surface area contributed by atoms with Gasteiger partial charge < -0.3 is 9.74 Å². The molecule has 0 aliphatic carbocycles. The Labute approximate surface area is 169 Å². The van der Waals surface area contributed by atoms with E-state index in [1.807, 2.05) is 57.4 Å². The van der Waals surface area contributed by atoms with E-state index in [2.05, 4.69) is 0 Å². The fraction of sp³-hybridized carbons (Fsp3) is 0.174. The van der Waals surface area contributed by atoms with Gasteiger partial charge in [0.05, 0.1) is 27.9 Å². The lowest BCUT2D eigenvalue weighted by atomic mass is 9.98. The molecule has 3 rings (SSSR count). The fourth-order valence-corrected chi connectivity index (χ4v) is 3.20. The Morgan fingerprint density at radius 3 is 2.28 bits per heavy atom. The summed E-state index contributed by atoms with van der Waals surface area (Å²) in [5, 5.41) is 19.4. The van der Waals surface area contributed by atoms with Crippen molar-refractivity contribution in [3.63, 3.8) is 0 Å². The number of hydrogen-bond donors (Lipinski definition) is 0. The molecule has 29 heavy (non-hydrogen) atoms. The molecule has 3 aromatic rings. The Balaban J connectivity index is 2.44. The maximum absolute atomic E-state index is 13.2. The van der Waals surface area contributed by atoms with Crippen LogP contribution in [0.25, 0.3) is 22.2 Å². The van der Waals surface area contributed by atoms with Gasteiger partial charge in [-0.1, -0.05) is 29.8 Å². The van der Waals surface area contributed by atoms with Crippen LogP contribution in [0.4, 0.5) is 0 Å². The number of ketones is 1. The molecule has 0 N–H and O–H groups in total. The standard InChI is InChI=1S/C23H20N4O2/c1-15-5-7-16(8-6-15)23-22(21(28)9-10-26(2)3)19-11-17(13-24)18(14-25)12-20(19)27(23)29-4/h5-12H,1-4H3/b10-9+. The molecule has 0 aliphatic rings. The SMILES string of the molecule is COn1c(-c2ccc(C)cc2)c(C(=O)/C=C/N(C)C)c2cc(C#N)c(C#N)cc21. The molecule has 0 unspecified atom stereocenters. The molecular formula is C23H20N4O2. The second kappa shape index (κ2) is 7.92. The molecule has 0 fully saturated rings. The number of aryl methyl sites for hydroxylation is 1. The number of allylic oxidation sites excluding steroid dienone is 1. The van der Waals surface area contributed by atoms with Crippen molar-refractivity contribution in [1.29, 1.82) is 10.5 Å². The maximum Gasteiger partial charge on any atom is 0.190 e. The molecule has 0 atom stereocenters. The summed E-state index contributed by atoms with van der Waals surface area (Å²) in [6, 6.07) is 15.0. The molecule has 0 aliphatic heterocycles. The predicted molar refractivity (Wildman–Crippen MR) is 111 cm³/mol. The maximum atomic E-state index is 13.2. The van der Waals surface area contributed by atoms with Crippen LogP contribution in [-0.4, -0.2) is 36.6 Å². The van der Waals surface area contributed by atoms with Crippen molar-refractivity contribution in [2.24, 2.45) is 0 Å². The van der Waals surface area contributed by atoms with Gasteiger partial charge in [0.2, 0.25) is 0 Å². The van der Waals surface area contributed by atoms with Gasteiger partial charge in [-0.15, -0.1) is 0 Å². The van der Waals surface area contributed by atoms with E-state index in [1.165, 1.54) is 13.2 Å². The zero-order chi connectivity index (χ0) is 21.1. The summed E-state index contributed by atoms with van der Waals surface area (Å²) in [5.41, 5.74) is 3.89. The summed E-state index contributed by atoms with van der Waals surface area (Å²) in [6.45, 7) is 1.99. The van der Waals surface area contributed by atoms with Crippen LogP contribution >= 0.6 is 0 Å². The Kier molecular flexibility index (Phi) is 5.38. The van der Waals surface area contributed by atoms with Gasteiger partial charge in [-0.3, -0.25) is 4.79 Å². The van der Waals surface area contributed by atoms with E-state index in [9.17, 15) is 15.3 Å². The second-order valence-corrected chi connectivity index (χ2v) is 6.85. The molecule has 1 aromatic heterocycles. The average molecular weight is 384 g/mol. The first-order valence-corrected chi connectivity index (χ1v) is 8.94. The number of nitriles is 2. The van der Waals surface area contributed by atoms with E-state index in [0.29, 0.717) is 22.2 Å². The number of fused-ring (bicyclic) bond motifs is 1. The van der Waals surface area contributed by atoms with E-state index in [-0.39, 0.29) is 16.9 Å². The Morgan fingerprint density at radius 1 is 1.10 bits per heavy atom. The van der Waals surface area contributed by atoms with Crippen molar-refractivity contribution in [1.82, 2.24) is 9.63 Å². The minimum absolute atomic E-state index is 0.217. The Morgan fingerprint density at radius 2 is 1.72 bits per heavy atom. The molecule has 6 nitrogen and oxygen atoms in total. The third-order valence-corrected chi connectivity index (χ3v) is 4.58. The normalized spacial score (nSPS) is 10.7. The summed E-state index contributed by atoms with van der Waals surface area (Å²) >= 11 is 0. The van der Waals surface area contributed by atoms with Gasteiger partial charge in [-0.05, 0) is 19.1 Å². The van der Waals surface area contributed by atoms with E-state index < -0.39 is 0 Å². The molecule has 6 heteroatoms. The lowest BCUT2D eigenvalue weighted by Gasteiger charge is -2.10. The molecule has 1 heterocycles. The van der Waals surface area contributed by atoms with Crippen LogP contribution in [0.2, 0.25) is 0 Å². The molecule has 0 bridgehead atoms. The molecule has 0 radical (unpaired) electrons. The Hall–Kier alpha value is -4.03. The lowest BCUT2D eigenvalue weighted by molar-refractivity contribution is 0.104. The van der Waals surface area contributed by atoms with Crippen LogP contribution < -0.4 is 4.84 Å². The third kappa shape index (κ3) is 3.56. The first kappa shape index (κ1) is 19.7. The Bertz CT molecular complexity index is 1200. The smallest absolute Gasteiger partial charge is 0.190 e. The van der Waals surface area contributed by atoms with Gasteiger partial charge in [0.25, 0.3) is 0 Å². The highest BCUT2D eigenvalue weighted by Gasteiger charge is 2.25. The van der Waals surface area contributed by atoms with Gasteiger partial charge in [0, 0.05) is 37.3 Å². The highest BCUT2D eigenvalue weighted by molar-refractivity contribution is 6.18. The number of carbonyl (C=O) groups is 1.